The lowest BCUT2D eigenvalue weighted by molar-refractivity contribution is -0.137. The normalized spacial score (nSPS) is 11.9. The summed E-state index contributed by atoms with van der Waals surface area (Å²) in [5, 5.41) is 12.1. The second kappa shape index (κ2) is 8.12. The minimum Gasteiger partial charge on any atom is -0.481 e. The number of rotatable bonds is 7. The van der Waals surface area contributed by atoms with Crippen molar-refractivity contribution >= 4 is 35.1 Å². The fraction of sp³-hybridized carbons (Fsp3) is 0.429. The second-order valence-electron chi connectivity index (χ2n) is 4.71. The average molecular weight is 318 g/mol. The average Bonchev–Trinajstić information content (AvgIpc) is 2.39. The lowest BCUT2D eigenvalue weighted by Gasteiger charge is -2.11. The van der Waals surface area contributed by atoms with Gasteiger partial charge in [-0.2, -0.15) is 0 Å². The van der Waals surface area contributed by atoms with Gasteiger partial charge >= 0.3 is 5.97 Å². The van der Waals surface area contributed by atoms with Crippen LogP contribution in [0, 0.1) is 5.92 Å². The Labute approximate surface area is 128 Å². The topological polar surface area (TPSA) is 66.4 Å². The second-order valence-corrected chi connectivity index (χ2v) is 5.53. The molecular formula is C14H17Cl2NO3. The van der Waals surface area contributed by atoms with Crippen LogP contribution in [-0.2, 0) is 4.79 Å². The Bertz CT molecular complexity index is 491. The molecule has 1 rings (SSSR count). The maximum absolute atomic E-state index is 11.8. The quantitative estimate of drug-likeness (QED) is 0.807. The van der Waals surface area contributed by atoms with Crippen LogP contribution in [0.4, 0.5) is 0 Å². The standard InChI is InChI=1S/C14H17Cl2NO3/c1-9(2-5-13(18)19)6-7-17-14(20)10-3-4-11(15)12(16)8-10/h3-4,8-9H,2,5-7H2,1H3,(H,17,20)(H,18,19). The molecule has 110 valence electrons. The smallest absolute Gasteiger partial charge is 0.303 e. The summed E-state index contributed by atoms with van der Waals surface area (Å²) in [7, 11) is 0. The molecule has 6 heteroatoms. The number of halogens is 2. The Morgan fingerprint density at radius 3 is 2.55 bits per heavy atom. The first kappa shape index (κ1) is 16.8. The molecule has 2 N–H and O–H groups in total. The number of carboxylic acids is 1. The predicted molar refractivity (Wildman–Crippen MR) is 79.4 cm³/mol. The molecule has 0 bridgehead atoms. The summed E-state index contributed by atoms with van der Waals surface area (Å²) in [6, 6.07) is 4.71. The van der Waals surface area contributed by atoms with Crippen molar-refractivity contribution < 1.29 is 14.7 Å². The van der Waals surface area contributed by atoms with Gasteiger partial charge in [-0.25, -0.2) is 0 Å². The molecule has 1 aromatic carbocycles. The Hall–Kier alpha value is -1.26. The lowest BCUT2D eigenvalue weighted by Crippen LogP contribution is -2.25. The summed E-state index contributed by atoms with van der Waals surface area (Å²) in [5.74, 6) is -0.758. The predicted octanol–water partition coefficient (Wildman–Crippen LogP) is 3.61. The van der Waals surface area contributed by atoms with E-state index < -0.39 is 5.97 Å². The molecule has 0 fully saturated rings. The van der Waals surface area contributed by atoms with E-state index in [1.165, 1.54) is 6.07 Å². The highest BCUT2D eigenvalue weighted by atomic mass is 35.5. The number of amides is 1. The van der Waals surface area contributed by atoms with Crippen LogP contribution in [0.3, 0.4) is 0 Å². The van der Waals surface area contributed by atoms with Crippen LogP contribution in [0.1, 0.15) is 36.5 Å². The third-order valence-corrected chi connectivity index (χ3v) is 3.69. The highest BCUT2D eigenvalue weighted by Crippen LogP contribution is 2.22. The van der Waals surface area contributed by atoms with Crippen LogP contribution in [0.2, 0.25) is 10.0 Å². The third-order valence-electron chi connectivity index (χ3n) is 2.96. The minimum atomic E-state index is -0.795. The fourth-order valence-corrected chi connectivity index (χ4v) is 1.98. The van der Waals surface area contributed by atoms with Gasteiger partial charge in [0.15, 0.2) is 0 Å². The van der Waals surface area contributed by atoms with Crippen molar-refractivity contribution in [1.82, 2.24) is 5.32 Å². The van der Waals surface area contributed by atoms with Crippen molar-refractivity contribution in [2.24, 2.45) is 5.92 Å². The lowest BCUT2D eigenvalue weighted by atomic mass is 10.0. The summed E-state index contributed by atoms with van der Waals surface area (Å²) in [6.45, 7) is 2.47. The molecule has 1 aromatic rings. The summed E-state index contributed by atoms with van der Waals surface area (Å²) in [6.07, 6.45) is 1.50. The van der Waals surface area contributed by atoms with E-state index in [1.807, 2.05) is 6.92 Å². The van der Waals surface area contributed by atoms with Crippen molar-refractivity contribution in [3.8, 4) is 0 Å². The number of hydrogen-bond acceptors (Lipinski definition) is 2. The highest BCUT2D eigenvalue weighted by molar-refractivity contribution is 6.42. The number of carbonyl (C=O) groups excluding carboxylic acids is 1. The van der Waals surface area contributed by atoms with Crippen LogP contribution in [0.25, 0.3) is 0 Å². The van der Waals surface area contributed by atoms with Gasteiger partial charge in [-0.15, -0.1) is 0 Å². The largest absolute Gasteiger partial charge is 0.481 e. The maximum Gasteiger partial charge on any atom is 0.303 e. The zero-order chi connectivity index (χ0) is 15.1. The fourth-order valence-electron chi connectivity index (χ4n) is 1.69. The number of hydrogen-bond donors (Lipinski definition) is 2. The van der Waals surface area contributed by atoms with E-state index in [0.29, 0.717) is 28.6 Å². The van der Waals surface area contributed by atoms with Crippen LogP contribution in [0.15, 0.2) is 18.2 Å². The number of benzene rings is 1. The molecule has 0 spiro atoms. The van der Waals surface area contributed by atoms with E-state index in [2.05, 4.69) is 5.32 Å². The third kappa shape index (κ3) is 5.80. The van der Waals surface area contributed by atoms with Crippen molar-refractivity contribution in [1.29, 1.82) is 0 Å². The molecule has 1 amide bonds. The number of carbonyl (C=O) groups is 2. The van der Waals surface area contributed by atoms with Gasteiger partial charge in [0.05, 0.1) is 10.0 Å². The Balaban J connectivity index is 2.36. The molecule has 0 heterocycles. The number of carboxylic acid groups (broad SMARTS) is 1. The number of aliphatic carboxylic acids is 1. The van der Waals surface area contributed by atoms with Gasteiger partial charge in [0.1, 0.15) is 0 Å². The highest BCUT2D eigenvalue weighted by Gasteiger charge is 2.09. The zero-order valence-electron chi connectivity index (χ0n) is 11.2. The van der Waals surface area contributed by atoms with Gasteiger partial charge in [-0.3, -0.25) is 9.59 Å². The monoisotopic (exact) mass is 317 g/mol. The van der Waals surface area contributed by atoms with E-state index in [9.17, 15) is 9.59 Å². The minimum absolute atomic E-state index is 0.155. The summed E-state index contributed by atoms with van der Waals surface area (Å²) >= 11 is 11.6. The van der Waals surface area contributed by atoms with Crippen molar-refractivity contribution in [2.45, 2.75) is 26.2 Å². The van der Waals surface area contributed by atoms with E-state index in [4.69, 9.17) is 28.3 Å². The Kier molecular flexibility index (Phi) is 6.82. The van der Waals surface area contributed by atoms with Crippen LogP contribution < -0.4 is 5.32 Å². The Morgan fingerprint density at radius 1 is 1.25 bits per heavy atom. The zero-order valence-corrected chi connectivity index (χ0v) is 12.7. The molecule has 0 aliphatic heterocycles. The van der Waals surface area contributed by atoms with Crippen LogP contribution in [0.5, 0.6) is 0 Å². The molecule has 0 aliphatic carbocycles. The molecule has 0 aliphatic rings. The van der Waals surface area contributed by atoms with Gasteiger partial charge in [0, 0.05) is 18.5 Å². The molecule has 0 radical (unpaired) electrons. The van der Waals surface area contributed by atoms with Crippen molar-refractivity contribution in [3.63, 3.8) is 0 Å². The van der Waals surface area contributed by atoms with Gasteiger partial charge in [0.2, 0.25) is 0 Å². The molecule has 0 saturated heterocycles. The van der Waals surface area contributed by atoms with Gasteiger partial charge in [-0.1, -0.05) is 30.1 Å². The van der Waals surface area contributed by atoms with Crippen molar-refractivity contribution in [3.05, 3.63) is 33.8 Å². The van der Waals surface area contributed by atoms with E-state index in [1.54, 1.807) is 12.1 Å². The Morgan fingerprint density at radius 2 is 1.95 bits per heavy atom. The SMILES string of the molecule is CC(CCNC(=O)c1ccc(Cl)c(Cl)c1)CCC(=O)O. The molecule has 0 aromatic heterocycles. The molecule has 20 heavy (non-hydrogen) atoms. The maximum atomic E-state index is 11.8. The van der Waals surface area contributed by atoms with Gasteiger partial charge in [-0.05, 0) is 37.0 Å². The molecule has 1 atom stereocenters. The van der Waals surface area contributed by atoms with Crippen LogP contribution in [-0.4, -0.2) is 23.5 Å². The summed E-state index contributed by atoms with van der Waals surface area (Å²) in [4.78, 5) is 22.3. The first-order valence-electron chi connectivity index (χ1n) is 6.35. The van der Waals surface area contributed by atoms with E-state index in [0.717, 1.165) is 6.42 Å². The molecule has 1 unspecified atom stereocenters. The van der Waals surface area contributed by atoms with Gasteiger partial charge < -0.3 is 10.4 Å². The van der Waals surface area contributed by atoms with E-state index in [-0.39, 0.29) is 18.2 Å². The summed E-state index contributed by atoms with van der Waals surface area (Å²) < 4.78 is 0. The van der Waals surface area contributed by atoms with Gasteiger partial charge in [0.25, 0.3) is 5.91 Å². The molecule has 0 saturated carbocycles. The first-order valence-corrected chi connectivity index (χ1v) is 7.10. The van der Waals surface area contributed by atoms with E-state index >= 15 is 0 Å². The van der Waals surface area contributed by atoms with Crippen molar-refractivity contribution in [2.75, 3.05) is 6.54 Å². The first-order chi connectivity index (χ1) is 9.40. The van der Waals surface area contributed by atoms with Crippen LogP contribution >= 0.6 is 23.2 Å². The molecule has 4 nitrogen and oxygen atoms in total. The number of nitrogens with one attached hydrogen (secondary N) is 1. The summed E-state index contributed by atoms with van der Waals surface area (Å²) in [5.41, 5.74) is 0.456. The molecular weight excluding hydrogens is 301 g/mol.